The Hall–Kier alpha value is -2.08. The Morgan fingerprint density at radius 3 is 2.47 bits per heavy atom. The summed E-state index contributed by atoms with van der Waals surface area (Å²) in [6.45, 7) is 0. The lowest BCUT2D eigenvalue weighted by molar-refractivity contribution is 0.443. The zero-order chi connectivity index (χ0) is 13.1. The Kier molecular flexibility index (Phi) is 3.33. The second kappa shape index (κ2) is 5.27. The lowest BCUT2D eigenvalue weighted by Gasteiger charge is -2.22. The zero-order valence-electron chi connectivity index (χ0n) is 10.9. The summed E-state index contributed by atoms with van der Waals surface area (Å²) < 4.78 is 0. The van der Waals surface area contributed by atoms with Gasteiger partial charge in [0.15, 0.2) is 0 Å². The standard InChI is InChI=1S/C16H17N3/c17-10-16-18-11-15(19-16)14-8-6-13(7-9-14)12-4-2-1-3-5-12/h6-9,11-12H,1-5H2,(H,18,19). The van der Waals surface area contributed by atoms with E-state index in [-0.39, 0.29) is 0 Å². The molecule has 19 heavy (non-hydrogen) atoms. The van der Waals surface area contributed by atoms with Gasteiger partial charge in [-0.2, -0.15) is 5.26 Å². The molecule has 1 N–H and O–H groups in total. The number of nitrogens with zero attached hydrogens (tertiary/aromatic N) is 2. The minimum Gasteiger partial charge on any atom is -0.329 e. The predicted octanol–water partition coefficient (Wildman–Crippen LogP) is 4.00. The summed E-state index contributed by atoms with van der Waals surface area (Å²) in [4.78, 5) is 7.01. The van der Waals surface area contributed by atoms with Crippen LogP contribution in [0.15, 0.2) is 30.5 Å². The quantitative estimate of drug-likeness (QED) is 0.877. The first-order valence-corrected chi connectivity index (χ1v) is 6.92. The van der Waals surface area contributed by atoms with E-state index in [4.69, 9.17) is 5.26 Å². The van der Waals surface area contributed by atoms with E-state index in [1.807, 2.05) is 6.07 Å². The highest BCUT2D eigenvalue weighted by molar-refractivity contribution is 5.59. The SMILES string of the molecule is N#Cc1ncc(-c2ccc(C3CCCCC3)cc2)[nH]1. The average molecular weight is 251 g/mol. The van der Waals surface area contributed by atoms with Crippen molar-refractivity contribution in [3.05, 3.63) is 41.9 Å². The molecule has 96 valence electrons. The second-order valence-corrected chi connectivity index (χ2v) is 5.21. The van der Waals surface area contributed by atoms with Crippen molar-refractivity contribution >= 4 is 0 Å². The van der Waals surface area contributed by atoms with Gasteiger partial charge in [0, 0.05) is 0 Å². The maximum absolute atomic E-state index is 8.77. The van der Waals surface area contributed by atoms with Gasteiger partial charge in [-0.1, -0.05) is 43.5 Å². The van der Waals surface area contributed by atoms with Crippen molar-refractivity contribution in [3.63, 3.8) is 0 Å². The van der Waals surface area contributed by atoms with Crippen molar-refractivity contribution < 1.29 is 0 Å². The molecule has 1 heterocycles. The number of nitrogens with one attached hydrogen (secondary N) is 1. The smallest absolute Gasteiger partial charge is 0.210 e. The third-order valence-corrected chi connectivity index (χ3v) is 3.98. The molecule has 0 atom stereocenters. The van der Waals surface area contributed by atoms with Gasteiger partial charge in [0.1, 0.15) is 6.07 Å². The van der Waals surface area contributed by atoms with E-state index in [0.717, 1.165) is 17.2 Å². The summed E-state index contributed by atoms with van der Waals surface area (Å²) in [6, 6.07) is 10.7. The van der Waals surface area contributed by atoms with Crippen molar-refractivity contribution in [2.75, 3.05) is 0 Å². The topological polar surface area (TPSA) is 52.5 Å². The molecule has 1 aromatic heterocycles. The average Bonchev–Trinajstić information content (AvgIpc) is 2.97. The molecule has 3 rings (SSSR count). The van der Waals surface area contributed by atoms with Crippen LogP contribution in [0.1, 0.15) is 49.4 Å². The van der Waals surface area contributed by atoms with Gasteiger partial charge in [-0.3, -0.25) is 0 Å². The third kappa shape index (κ3) is 2.53. The van der Waals surface area contributed by atoms with Crippen LogP contribution in [0.25, 0.3) is 11.3 Å². The number of aromatic nitrogens is 2. The Labute approximate surface area is 113 Å². The Morgan fingerprint density at radius 1 is 1.11 bits per heavy atom. The van der Waals surface area contributed by atoms with Crippen LogP contribution in [0.2, 0.25) is 0 Å². The lowest BCUT2D eigenvalue weighted by atomic mass is 9.84. The van der Waals surface area contributed by atoms with Crippen LogP contribution in [0, 0.1) is 11.3 Å². The van der Waals surface area contributed by atoms with Gasteiger partial charge in [-0.25, -0.2) is 4.98 Å². The van der Waals surface area contributed by atoms with Gasteiger partial charge >= 0.3 is 0 Å². The van der Waals surface area contributed by atoms with E-state index in [2.05, 4.69) is 34.2 Å². The fraction of sp³-hybridized carbons (Fsp3) is 0.375. The van der Waals surface area contributed by atoms with Crippen LogP contribution < -0.4 is 0 Å². The van der Waals surface area contributed by atoms with Crippen LogP contribution in [0.3, 0.4) is 0 Å². The molecule has 1 aromatic carbocycles. The minimum absolute atomic E-state index is 0.367. The zero-order valence-corrected chi connectivity index (χ0v) is 10.9. The molecule has 1 aliphatic carbocycles. The first-order valence-electron chi connectivity index (χ1n) is 6.92. The molecule has 1 fully saturated rings. The molecule has 0 saturated heterocycles. The monoisotopic (exact) mass is 251 g/mol. The number of nitriles is 1. The lowest BCUT2D eigenvalue weighted by Crippen LogP contribution is -2.04. The Bertz CT molecular complexity index is 583. The van der Waals surface area contributed by atoms with Gasteiger partial charge in [-0.05, 0) is 29.9 Å². The Morgan fingerprint density at radius 2 is 1.84 bits per heavy atom. The molecule has 0 aliphatic heterocycles. The highest BCUT2D eigenvalue weighted by Crippen LogP contribution is 2.33. The summed E-state index contributed by atoms with van der Waals surface area (Å²) >= 11 is 0. The van der Waals surface area contributed by atoms with Crippen LogP contribution in [-0.2, 0) is 0 Å². The van der Waals surface area contributed by atoms with E-state index in [1.54, 1.807) is 6.20 Å². The summed E-state index contributed by atoms with van der Waals surface area (Å²) in [6.07, 6.45) is 8.47. The fourth-order valence-corrected chi connectivity index (χ4v) is 2.90. The molecule has 3 nitrogen and oxygen atoms in total. The minimum atomic E-state index is 0.367. The van der Waals surface area contributed by atoms with E-state index >= 15 is 0 Å². The first kappa shape index (κ1) is 12.0. The molecule has 0 bridgehead atoms. The summed E-state index contributed by atoms with van der Waals surface area (Å²) in [5.41, 5.74) is 3.45. The van der Waals surface area contributed by atoms with Gasteiger partial charge < -0.3 is 4.98 Å². The van der Waals surface area contributed by atoms with Gasteiger partial charge in [0.25, 0.3) is 0 Å². The molecule has 0 spiro atoms. The molecule has 0 radical (unpaired) electrons. The molecule has 0 unspecified atom stereocenters. The van der Waals surface area contributed by atoms with Gasteiger partial charge in [-0.15, -0.1) is 0 Å². The summed E-state index contributed by atoms with van der Waals surface area (Å²) in [5, 5.41) is 8.77. The molecular formula is C16H17N3. The molecule has 1 aliphatic rings. The number of benzene rings is 1. The third-order valence-electron chi connectivity index (χ3n) is 3.98. The van der Waals surface area contributed by atoms with Crippen LogP contribution in [-0.4, -0.2) is 9.97 Å². The Balaban J connectivity index is 1.80. The summed E-state index contributed by atoms with van der Waals surface area (Å²) in [7, 11) is 0. The second-order valence-electron chi connectivity index (χ2n) is 5.21. The number of imidazole rings is 1. The van der Waals surface area contributed by atoms with E-state index < -0.39 is 0 Å². The molecular weight excluding hydrogens is 234 g/mol. The van der Waals surface area contributed by atoms with Crippen LogP contribution in [0.4, 0.5) is 0 Å². The number of aromatic amines is 1. The van der Waals surface area contributed by atoms with Crippen molar-refractivity contribution in [1.29, 1.82) is 5.26 Å². The molecule has 1 saturated carbocycles. The van der Waals surface area contributed by atoms with E-state index in [9.17, 15) is 0 Å². The summed E-state index contributed by atoms with van der Waals surface area (Å²) in [5.74, 6) is 1.10. The predicted molar refractivity (Wildman–Crippen MR) is 74.6 cm³/mol. The largest absolute Gasteiger partial charge is 0.329 e. The van der Waals surface area contributed by atoms with E-state index in [1.165, 1.54) is 37.7 Å². The molecule has 0 amide bonds. The fourth-order valence-electron chi connectivity index (χ4n) is 2.90. The van der Waals surface area contributed by atoms with Crippen molar-refractivity contribution in [3.8, 4) is 17.3 Å². The molecule has 2 aromatic rings. The molecule has 3 heteroatoms. The number of rotatable bonds is 2. The normalized spacial score (nSPS) is 16.2. The van der Waals surface area contributed by atoms with Crippen LogP contribution in [0.5, 0.6) is 0 Å². The van der Waals surface area contributed by atoms with Crippen LogP contribution >= 0.6 is 0 Å². The first-order chi connectivity index (χ1) is 9.36. The van der Waals surface area contributed by atoms with Gasteiger partial charge in [0.05, 0.1) is 11.9 Å². The number of H-pyrrole nitrogens is 1. The van der Waals surface area contributed by atoms with Crippen molar-refractivity contribution in [2.24, 2.45) is 0 Å². The number of hydrogen-bond acceptors (Lipinski definition) is 2. The van der Waals surface area contributed by atoms with Gasteiger partial charge in [0.2, 0.25) is 5.82 Å². The van der Waals surface area contributed by atoms with Crippen molar-refractivity contribution in [1.82, 2.24) is 9.97 Å². The van der Waals surface area contributed by atoms with Crippen molar-refractivity contribution in [2.45, 2.75) is 38.0 Å². The van der Waals surface area contributed by atoms with E-state index in [0.29, 0.717) is 5.82 Å². The number of hydrogen-bond donors (Lipinski definition) is 1. The maximum Gasteiger partial charge on any atom is 0.210 e. The highest BCUT2D eigenvalue weighted by atomic mass is 14.9. The highest BCUT2D eigenvalue weighted by Gasteiger charge is 2.15. The maximum atomic E-state index is 8.77.